The van der Waals surface area contributed by atoms with Crippen molar-refractivity contribution in [3.05, 3.63) is 33.5 Å². The van der Waals surface area contributed by atoms with Crippen LogP contribution in [0.25, 0.3) is 0 Å². The standard InChI is InChI=1S/C19H32N6OS/c1-7-20-19(21-9-8-10-25-15(3)11-14(2)23-25)24(5)12-17-13-27-18(22-17)16(4)26-6/h11,13,16H,7-10,12H2,1-6H3,(H,20,21). The summed E-state index contributed by atoms with van der Waals surface area (Å²) in [5.41, 5.74) is 3.30. The van der Waals surface area contributed by atoms with Crippen LogP contribution in [0.15, 0.2) is 16.4 Å². The van der Waals surface area contributed by atoms with Gasteiger partial charge in [-0.25, -0.2) is 4.98 Å². The molecule has 150 valence electrons. The van der Waals surface area contributed by atoms with E-state index in [1.807, 2.05) is 20.9 Å². The second-order valence-electron chi connectivity index (χ2n) is 6.65. The molecule has 0 aliphatic heterocycles. The molecule has 2 rings (SSSR count). The maximum atomic E-state index is 5.34. The molecule has 27 heavy (non-hydrogen) atoms. The van der Waals surface area contributed by atoms with E-state index in [1.54, 1.807) is 18.4 Å². The van der Waals surface area contributed by atoms with Crippen LogP contribution < -0.4 is 5.32 Å². The Morgan fingerprint density at radius 3 is 2.85 bits per heavy atom. The lowest BCUT2D eigenvalue weighted by Gasteiger charge is -2.21. The molecule has 0 aromatic carbocycles. The summed E-state index contributed by atoms with van der Waals surface area (Å²) in [5, 5.41) is 11.0. The molecule has 0 saturated heterocycles. The van der Waals surface area contributed by atoms with Crippen molar-refractivity contribution in [1.82, 2.24) is 25.0 Å². The predicted molar refractivity (Wildman–Crippen MR) is 111 cm³/mol. The van der Waals surface area contributed by atoms with Crippen LogP contribution in [0.3, 0.4) is 0 Å². The van der Waals surface area contributed by atoms with Crippen LogP contribution in [0.1, 0.15) is 48.5 Å². The average molecular weight is 393 g/mol. The number of aliphatic imine (C=N–C) groups is 1. The topological polar surface area (TPSA) is 67.6 Å². The second-order valence-corrected chi connectivity index (χ2v) is 7.54. The Morgan fingerprint density at radius 1 is 1.44 bits per heavy atom. The third-order valence-corrected chi connectivity index (χ3v) is 5.31. The molecule has 0 aliphatic carbocycles. The van der Waals surface area contributed by atoms with Gasteiger partial charge in [0.25, 0.3) is 0 Å². The predicted octanol–water partition coefficient (Wildman–Crippen LogP) is 3.15. The number of guanidine groups is 1. The number of hydrogen-bond donors (Lipinski definition) is 1. The molecular weight excluding hydrogens is 360 g/mol. The Kier molecular flexibility index (Phi) is 8.24. The fourth-order valence-electron chi connectivity index (χ4n) is 2.78. The third kappa shape index (κ3) is 6.32. The number of methoxy groups -OCH3 is 1. The van der Waals surface area contributed by atoms with Gasteiger partial charge in [-0.15, -0.1) is 11.3 Å². The Balaban J connectivity index is 1.91. The minimum Gasteiger partial charge on any atom is -0.375 e. The van der Waals surface area contributed by atoms with E-state index in [4.69, 9.17) is 9.73 Å². The molecule has 7 nitrogen and oxygen atoms in total. The van der Waals surface area contributed by atoms with Crippen molar-refractivity contribution in [2.75, 3.05) is 27.2 Å². The SMILES string of the molecule is CCNC(=NCCCn1nc(C)cc1C)N(C)Cc1csc(C(C)OC)n1. The van der Waals surface area contributed by atoms with E-state index in [2.05, 4.69) is 50.3 Å². The van der Waals surface area contributed by atoms with Gasteiger partial charge in [0, 0.05) is 44.9 Å². The van der Waals surface area contributed by atoms with Crippen LogP contribution in [0.4, 0.5) is 0 Å². The number of thiazole rings is 1. The first-order valence-electron chi connectivity index (χ1n) is 9.42. The highest BCUT2D eigenvalue weighted by molar-refractivity contribution is 7.09. The van der Waals surface area contributed by atoms with E-state index < -0.39 is 0 Å². The van der Waals surface area contributed by atoms with E-state index in [9.17, 15) is 0 Å². The lowest BCUT2D eigenvalue weighted by atomic mass is 10.4. The summed E-state index contributed by atoms with van der Waals surface area (Å²) in [4.78, 5) is 11.5. The van der Waals surface area contributed by atoms with Crippen LogP contribution >= 0.6 is 11.3 Å². The number of aromatic nitrogens is 3. The fourth-order valence-corrected chi connectivity index (χ4v) is 3.62. The van der Waals surface area contributed by atoms with Gasteiger partial charge in [0.05, 0.1) is 17.9 Å². The smallest absolute Gasteiger partial charge is 0.194 e. The Bertz CT molecular complexity index is 738. The highest BCUT2D eigenvalue weighted by Gasteiger charge is 2.12. The first-order valence-corrected chi connectivity index (χ1v) is 10.3. The Labute approximate surface area is 166 Å². The molecule has 1 atom stereocenters. The lowest BCUT2D eigenvalue weighted by Crippen LogP contribution is -2.38. The second kappa shape index (κ2) is 10.4. The summed E-state index contributed by atoms with van der Waals surface area (Å²) < 4.78 is 7.39. The van der Waals surface area contributed by atoms with Crippen LogP contribution in [0, 0.1) is 13.8 Å². The molecule has 0 amide bonds. The zero-order valence-electron chi connectivity index (χ0n) is 17.3. The van der Waals surface area contributed by atoms with Crippen LogP contribution in [0.2, 0.25) is 0 Å². The van der Waals surface area contributed by atoms with Gasteiger partial charge in [-0.05, 0) is 40.2 Å². The van der Waals surface area contributed by atoms with E-state index >= 15 is 0 Å². The van der Waals surface area contributed by atoms with Gasteiger partial charge >= 0.3 is 0 Å². The molecule has 2 aromatic rings. The van der Waals surface area contributed by atoms with Gasteiger partial charge in [-0.3, -0.25) is 9.67 Å². The molecule has 8 heteroatoms. The maximum absolute atomic E-state index is 5.34. The van der Waals surface area contributed by atoms with Gasteiger partial charge < -0.3 is 15.0 Å². The summed E-state index contributed by atoms with van der Waals surface area (Å²) in [6, 6.07) is 2.10. The van der Waals surface area contributed by atoms with Crippen molar-refractivity contribution < 1.29 is 4.74 Å². The number of hydrogen-bond acceptors (Lipinski definition) is 5. The molecule has 0 aliphatic rings. The van der Waals surface area contributed by atoms with Crippen LogP contribution in [0.5, 0.6) is 0 Å². The minimum absolute atomic E-state index is 0.0327. The Morgan fingerprint density at radius 2 is 2.22 bits per heavy atom. The largest absolute Gasteiger partial charge is 0.375 e. The third-order valence-electron chi connectivity index (χ3n) is 4.26. The molecule has 1 unspecified atom stereocenters. The van der Waals surface area contributed by atoms with Gasteiger partial charge in [0.2, 0.25) is 0 Å². The zero-order valence-corrected chi connectivity index (χ0v) is 18.1. The van der Waals surface area contributed by atoms with E-state index in [-0.39, 0.29) is 6.10 Å². The van der Waals surface area contributed by atoms with Gasteiger partial charge in [-0.2, -0.15) is 5.10 Å². The van der Waals surface area contributed by atoms with Crippen LogP contribution in [-0.2, 0) is 17.8 Å². The molecule has 2 aromatic heterocycles. The summed E-state index contributed by atoms with van der Waals surface area (Å²) in [5.74, 6) is 0.903. The summed E-state index contributed by atoms with van der Waals surface area (Å²) in [6.45, 7) is 11.4. The molecule has 1 N–H and O–H groups in total. The van der Waals surface area contributed by atoms with Gasteiger partial charge in [0.15, 0.2) is 5.96 Å². The highest BCUT2D eigenvalue weighted by Crippen LogP contribution is 2.20. The van der Waals surface area contributed by atoms with Crippen LogP contribution in [-0.4, -0.2) is 52.9 Å². The number of nitrogens with one attached hydrogen (secondary N) is 1. The number of rotatable bonds is 9. The van der Waals surface area contributed by atoms with Crippen molar-refractivity contribution in [2.45, 2.75) is 53.3 Å². The number of aryl methyl sites for hydroxylation is 3. The number of nitrogens with zero attached hydrogens (tertiary/aromatic N) is 5. The monoisotopic (exact) mass is 392 g/mol. The Hall–Kier alpha value is -1.93. The van der Waals surface area contributed by atoms with E-state index in [1.165, 1.54) is 5.69 Å². The summed E-state index contributed by atoms with van der Waals surface area (Å²) in [6.07, 6.45) is 0.988. The molecular formula is C19H32N6OS. The lowest BCUT2D eigenvalue weighted by molar-refractivity contribution is 0.119. The zero-order chi connectivity index (χ0) is 19.8. The van der Waals surface area contributed by atoms with Crippen molar-refractivity contribution in [3.8, 4) is 0 Å². The molecule has 2 heterocycles. The van der Waals surface area contributed by atoms with Crippen molar-refractivity contribution in [2.24, 2.45) is 4.99 Å². The molecule has 0 radical (unpaired) electrons. The molecule has 0 fully saturated rings. The van der Waals surface area contributed by atoms with Gasteiger partial charge in [-0.1, -0.05) is 0 Å². The fraction of sp³-hybridized carbons (Fsp3) is 0.632. The van der Waals surface area contributed by atoms with Gasteiger partial charge in [0.1, 0.15) is 11.1 Å². The first-order chi connectivity index (χ1) is 12.9. The van der Waals surface area contributed by atoms with E-state index in [0.717, 1.165) is 55.0 Å². The van der Waals surface area contributed by atoms with Crippen molar-refractivity contribution in [1.29, 1.82) is 0 Å². The van der Waals surface area contributed by atoms with Crippen molar-refractivity contribution in [3.63, 3.8) is 0 Å². The molecule has 0 bridgehead atoms. The molecule has 0 spiro atoms. The minimum atomic E-state index is 0.0327. The number of ether oxygens (including phenoxy) is 1. The summed E-state index contributed by atoms with van der Waals surface area (Å²) >= 11 is 1.64. The normalized spacial score (nSPS) is 13.0. The van der Waals surface area contributed by atoms with E-state index in [0.29, 0.717) is 0 Å². The molecule has 0 saturated carbocycles. The van der Waals surface area contributed by atoms with Crippen molar-refractivity contribution >= 4 is 17.3 Å². The average Bonchev–Trinajstić information content (AvgIpc) is 3.22. The maximum Gasteiger partial charge on any atom is 0.194 e. The first kappa shape index (κ1) is 21.4. The quantitative estimate of drug-likeness (QED) is 0.403. The highest BCUT2D eigenvalue weighted by atomic mass is 32.1. The summed E-state index contributed by atoms with van der Waals surface area (Å²) in [7, 11) is 3.75.